The number of alkyl halides is 3. The van der Waals surface area contributed by atoms with Crippen LogP contribution in [0.25, 0.3) is 11.1 Å². The Morgan fingerprint density at radius 1 is 1.10 bits per heavy atom. The van der Waals surface area contributed by atoms with Crippen molar-refractivity contribution in [2.24, 2.45) is 0 Å². The van der Waals surface area contributed by atoms with Gasteiger partial charge in [-0.3, -0.25) is 0 Å². The van der Waals surface area contributed by atoms with Crippen molar-refractivity contribution >= 4 is 11.7 Å². The number of methoxy groups -OCH3 is 1. The molecule has 21 heavy (non-hydrogen) atoms. The number of anilines is 1. The van der Waals surface area contributed by atoms with Crippen LogP contribution in [-0.4, -0.2) is 13.1 Å². The minimum absolute atomic E-state index is 0.00751. The van der Waals surface area contributed by atoms with E-state index in [9.17, 15) is 18.0 Å². The number of benzene rings is 2. The molecule has 2 aromatic carbocycles. The first-order valence-electron chi connectivity index (χ1n) is 5.98. The van der Waals surface area contributed by atoms with Crippen molar-refractivity contribution in [2.45, 2.75) is 6.18 Å². The summed E-state index contributed by atoms with van der Waals surface area (Å²) < 4.78 is 43.7. The molecule has 0 saturated carbocycles. The fourth-order valence-electron chi connectivity index (χ4n) is 1.95. The predicted molar refractivity (Wildman–Crippen MR) is 72.6 cm³/mol. The van der Waals surface area contributed by atoms with Gasteiger partial charge in [0.2, 0.25) is 0 Å². The molecule has 0 aromatic heterocycles. The normalized spacial score (nSPS) is 11.2. The van der Waals surface area contributed by atoms with Gasteiger partial charge in [-0.1, -0.05) is 18.2 Å². The maximum atomic E-state index is 13.0. The van der Waals surface area contributed by atoms with E-state index in [-0.39, 0.29) is 16.8 Å². The summed E-state index contributed by atoms with van der Waals surface area (Å²) in [7, 11) is 1.23. The number of nitrogens with two attached hydrogens (primary N) is 1. The van der Waals surface area contributed by atoms with Crippen LogP contribution in [0.5, 0.6) is 0 Å². The van der Waals surface area contributed by atoms with Crippen molar-refractivity contribution < 1.29 is 22.7 Å². The Morgan fingerprint density at radius 3 is 2.24 bits per heavy atom. The molecule has 0 fully saturated rings. The lowest BCUT2D eigenvalue weighted by molar-refractivity contribution is -0.137. The standard InChI is InChI=1S/C15H12F3NO2/c1-21-14(20)10-4-2-9(3-5-10)12-7-6-11(19)8-13(12)15(16,17)18/h2-8H,19H2,1H3. The van der Waals surface area contributed by atoms with E-state index in [4.69, 9.17) is 5.73 Å². The monoisotopic (exact) mass is 295 g/mol. The fourth-order valence-corrected chi connectivity index (χ4v) is 1.95. The van der Waals surface area contributed by atoms with E-state index < -0.39 is 17.7 Å². The first-order chi connectivity index (χ1) is 9.82. The number of carbonyl (C=O) groups is 1. The van der Waals surface area contributed by atoms with Crippen molar-refractivity contribution in [3.63, 3.8) is 0 Å². The number of carbonyl (C=O) groups excluding carboxylic acids is 1. The zero-order valence-electron chi connectivity index (χ0n) is 11.1. The Morgan fingerprint density at radius 2 is 1.71 bits per heavy atom. The van der Waals surface area contributed by atoms with Crippen LogP contribution in [0, 0.1) is 0 Å². The van der Waals surface area contributed by atoms with Gasteiger partial charge in [0.05, 0.1) is 18.2 Å². The second-order valence-electron chi connectivity index (χ2n) is 4.37. The summed E-state index contributed by atoms with van der Waals surface area (Å²) in [4.78, 5) is 11.3. The summed E-state index contributed by atoms with van der Waals surface area (Å²) in [5, 5.41) is 0. The first kappa shape index (κ1) is 14.9. The molecule has 2 aromatic rings. The lowest BCUT2D eigenvalue weighted by Crippen LogP contribution is -2.08. The Hall–Kier alpha value is -2.50. The molecule has 2 rings (SSSR count). The minimum atomic E-state index is -4.51. The highest BCUT2D eigenvalue weighted by atomic mass is 19.4. The molecule has 110 valence electrons. The van der Waals surface area contributed by atoms with E-state index in [2.05, 4.69) is 4.74 Å². The van der Waals surface area contributed by atoms with Crippen molar-refractivity contribution in [2.75, 3.05) is 12.8 Å². The zero-order chi connectivity index (χ0) is 15.6. The fraction of sp³-hybridized carbons (Fsp3) is 0.133. The molecule has 0 bridgehead atoms. The minimum Gasteiger partial charge on any atom is -0.465 e. The Kier molecular flexibility index (Phi) is 3.88. The van der Waals surface area contributed by atoms with E-state index >= 15 is 0 Å². The van der Waals surface area contributed by atoms with E-state index in [0.717, 1.165) is 6.07 Å². The van der Waals surface area contributed by atoms with Crippen LogP contribution in [0.15, 0.2) is 42.5 Å². The lowest BCUT2D eigenvalue weighted by Gasteiger charge is -2.14. The third kappa shape index (κ3) is 3.16. The van der Waals surface area contributed by atoms with Crippen molar-refractivity contribution in [3.8, 4) is 11.1 Å². The zero-order valence-corrected chi connectivity index (χ0v) is 11.1. The first-order valence-corrected chi connectivity index (χ1v) is 5.98. The van der Waals surface area contributed by atoms with Crippen LogP contribution in [0.4, 0.5) is 18.9 Å². The molecule has 0 aliphatic rings. The van der Waals surface area contributed by atoms with Gasteiger partial charge in [-0.25, -0.2) is 4.79 Å². The maximum Gasteiger partial charge on any atom is 0.417 e. The van der Waals surface area contributed by atoms with E-state index in [1.54, 1.807) is 0 Å². The largest absolute Gasteiger partial charge is 0.465 e. The number of ether oxygens (including phenoxy) is 1. The van der Waals surface area contributed by atoms with Crippen LogP contribution >= 0.6 is 0 Å². The van der Waals surface area contributed by atoms with Crippen molar-refractivity contribution in [1.82, 2.24) is 0 Å². The van der Waals surface area contributed by atoms with Crippen LogP contribution in [-0.2, 0) is 10.9 Å². The summed E-state index contributed by atoms with van der Waals surface area (Å²) in [6.07, 6.45) is -4.51. The van der Waals surface area contributed by atoms with Crippen molar-refractivity contribution in [1.29, 1.82) is 0 Å². The van der Waals surface area contributed by atoms with Gasteiger partial charge in [0.1, 0.15) is 0 Å². The molecule has 6 heteroatoms. The van der Waals surface area contributed by atoms with Gasteiger partial charge in [-0.2, -0.15) is 13.2 Å². The third-order valence-corrected chi connectivity index (χ3v) is 2.97. The smallest absolute Gasteiger partial charge is 0.417 e. The van der Waals surface area contributed by atoms with Crippen molar-refractivity contribution in [3.05, 3.63) is 53.6 Å². The Labute approximate surface area is 119 Å². The average Bonchev–Trinajstić information content (AvgIpc) is 2.45. The lowest BCUT2D eigenvalue weighted by atomic mass is 9.98. The number of nitrogen functional groups attached to an aromatic ring is 1. The molecule has 0 radical (unpaired) electrons. The number of halogens is 3. The molecule has 0 spiro atoms. The quantitative estimate of drug-likeness (QED) is 0.678. The summed E-state index contributed by atoms with van der Waals surface area (Å²) in [6.45, 7) is 0. The number of hydrogen-bond acceptors (Lipinski definition) is 3. The van der Waals surface area contributed by atoms with Gasteiger partial charge >= 0.3 is 12.1 Å². The summed E-state index contributed by atoms with van der Waals surface area (Å²) >= 11 is 0. The Bertz CT molecular complexity index is 664. The van der Waals surface area contributed by atoms with Crippen LogP contribution in [0.2, 0.25) is 0 Å². The molecular formula is C15H12F3NO2. The molecule has 3 nitrogen and oxygen atoms in total. The van der Waals surface area contributed by atoms with E-state index in [0.29, 0.717) is 5.56 Å². The molecule has 2 N–H and O–H groups in total. The Balaban J connectivity index is 2.50. The van der Waals surface area contributed by atoms with Gasteiger partial charge in [0.15, 0.2) is 0 Å². The van der Waals surface area contributed by atoms with Gasteiger partial charge < -0.3 is 10.5 Å². The highest BCUT2D eigenvalue weighted by Crippen LogP contribution is 2.38. The molecule has 0 amide bonds. The summed E-state index contributed by atoms with van der Waals surface area (Å²) in [5.41, 5.74) is 5.27. The molecular weight excluding hydrogens is 283 g/mol. The second-order valence-corrected chi connectivity index (χ2v) is 4.37. The third-order valence-electron chi connectivity index (χ3n) is 2.97. The molecule has 0 aliphatic carbocycles. The van der Waals surface area contributed by atoms with Gasteiger partial charge in [0.25, 0.3) is 0 Å². The second kappa shape index (κ2) is 5.47. The number of esters is 1. The van der Waals surface area contributed by atoms with Gasteiger partial charge in [-0.05, 0) is 35.4 Å². The SMILES string of the molecule is COC(=O)c1ccc(-c2ccc(N)cc2C(F)(F)F)cc1. The van der Waals surface area contributed by atoms with Gasteiger partial charge in [0, 0.05) is 5.69 Å². The average molecular weight is 295 g/mol. The van der Waals surface area contributed by atoms with Crippen LogP contribution in [0.3, 0.4) is 0 Å². The number of rotatable bonds is 2. The summed E-state index contributed by atoms with van der Waals surface area (Å²) in [6, 6.07) is 9.31. The van der Waals surface area contributed by atoms with Gasteiger partial charge in [-0.15, -0.1) is 0 Å². The molecule has 0 atom stereocenters. The van der Waals surface area contributed by atoms with Crippen LogP contribution < -0.4 is 5.73 Å². The van der Waals surface area contributed by atoms with E-state index in [1.807, 2.05) is 0 Å². The van der Waals surface area contributed by atoms with Crippen LogP contribution in [0.1, 0.15) is 15.9 Å². The molecule has 0 aliphatic heterocycles. The molecule has 0 saturated heterocycles. The predicted octanol–water partition coefficient (Wildman–Crippen LogP) is 3.74. The van der Waals surface area contributed by atoms with E-state index in [1.165, 1.54) is 43.5 Å². The maximum absolute atomic E-state index is 13.0. The topological polar surface area (TPSA) is 52.3 Å². The molecule has 0 heterocycles. The summed E-state index contributed by atoms with van der Waals surface area (Å²) in [5.74, 6) is -0.546. The highest BCUT2D eigenvalue weighted by molar-refractivity contribution is 5.90. The highest BCUT2D eigenvalue weighted by Gasteiger charge is 2.33. The molecule has 0 unspecified atom stereocenters. The number of hydrogen-bond donors (Lipinski definition) is 1.